The molecule has 0 N–H and O–H groups in total. The van der Waals surface area contributed by atoms with Crippen LogP contribution in [0.15, 0.2) is 42.5 Å². The minimum atomic E-state index is 0.248. The van der Waals surface area contributed by atoms with Crippen LogP contribution in [0.2, 0.25) is 4.82 Å². The summed E-state index contributed by atoms with van der Waals surface area (Å²) in [6.45, 7) is 5.73. The Kier molecular flexibility index (Phi) is 3.08. The van der Waals surface area contributed by atoms with Crippen LogP contribution in [0.3, 0.4) is 0 Å². The zero-order chi connectivity index (χ0) is 10.8. The molecule has 1 nitrogen and oxygen atoms in total. The normalized spacial score (nSPS) is 24.7. The first-order valence-corrected chi connectivity index (χ1v) is 6.93. The molecule has 1 saturated carbocycles. The number of hydrogen-bond acceptors (Lipinski definition) is 1. The first-order valence-electron chi connectivity index (χ1n) is 5.08. The molecule has 2 unspecified atom stereocenters. The topological polar surface area (TPSA) is 17.1 Å². The van der Waals surface area contributed by atoms with Gasteiger partial charge in [0.2, 0.25) is 0 Å². The van der Waals surface area contributed by atoms with Gasteiger partial charge in [0.1, 0.15) is 0 Å². The van der Waals surface area contributed by atoms with Crippen LogP contribution < -0.4 is 4.46 Å². The first-order chi connectivity index (χ1) is 7.18. The molecule has 2 atom stereocenters. The van der Waals surface area contributed by atoms with E-state index in [2.05, 4.69) is 30.8 Å². The summed E-state index contributed by atoms with van der Waals surface area (Å²) in [4.78, 5) is 11.8. The number of carbonyl (C=O) groups excluding carboxylic acids is 1. The molecule has 78 valence electrons. The van der Waals surface area contributed by atoms with Gasteiger partial charge in [0, 0.05) is 0 Å². The molecule has 0 aromatic heterocycles. The van der Waals surface area contributed by atoms with Crippen molar-refractivity contribution < 1.29 is 4.79 Å². The minimum absolute atomic E-state index is 0.248. The molecule has 1 aliphatic rings. The third-order valence-electron chi connectivity index (χ3n) is 2.78. The standard InChI is InChI=1S/C13H14OSe/c1-9-8-12(10(2)14)13(9)15-11-6-4-3-5-7-11/h3-7,12-13H,1,8H2,2H3. The van der Waals surface area contributed by atoms with Gasteiger partial charge in [0.05, 0.1) is 0 Å². The second-order valence-electron chi connectivity index (χ2n) is 3.93. The molecule has 2 heteroatoms. The van der Waals surface area contributed by atoms with E-state index in [1.807, 2.05) is 6.07 Å². The second kappa shape index (κ2) is 4.34. The van der Waals surface area contributed by atoms with Crippen molar-refractivity contribution in [1.29, 1.82) is 0 Å². The van der Waals surface area contributed by atoms with Crippen molar-refractivity contribution in [2.45, 2.75) is 18.2 Å². The summed E-state index contributed by atoms with van der Waals surface area (Å²) in [5, 5.41) is 0. The Bertz CT molecular complexity index is 383. The molecule has 0 saturated heterocycles. The molecule has 1 aromatic carbocycles. The van der Waals surface area contributed by atoms with Crippen LogP contribution in [0.5, 0.6) is 0 Å². The molecule has 0 aliphatic heterocycles. The summed E-state index contributed by atoms with van der Waals surface area (Å²) in [5.41, 5.74) is 1.26. The number of hydrogen-bond donors (Lipinski definition) is 0. The molecular formula is C13H14OSe. The number of ketones is 1. The van der Waals surface area contributed by atoms with Gasteiger partial charge in [-0.15, -0.1) is 0 Å². The third kappa shape index (κ3) is 2.22. The van der Waals surface area contributed by atoms with Crippen LogP contribution in [-0.4, -0.2) is 20.7 Å². The third-order valence-corrected chi connectivity index (χ3v) is 5.84. The molecule has 1 aromatic rings. The van der Waals surface area contributed by atoms with Crippen LogP contribution in [-0.2, 0) is 4.79 Å². The molecule has 0 amide bonds. The SMILES string of the molecule is C=C1CC(C(C)=O)C1[Se]c1ccccc1. The zero-order valence-electron chi connectivity index (χ0n) is 8.77. The van der Waals surface area contributed by atoms with Gasteiger partial charge in [-0.2, -0.15) is 0 Å². The monoisotopic (exact) mass is 266 g/mol. The van der Waals surface area contributed by atoms with Gasteiger partial charge in [-0.1, -0.05) is 0 Å². The van der Waals surface area contributed by atoms with Crippen molar-refractivity contribution in [3.63, 3.8) is 0 Å². The summed E-state index contributed by atoms with van der Waals surface area (Å²) < 4.78 is 1.36. The molecule has 0 heterocycles. The van der Waals surface area contributed by atoms with E-state index in [9.17, 15) is 4.79 Å². The molecule has 2 rings (SSSR count). The van der Waals surface area contributed by atoms with Gasteiger partial charge in [0.25, 0.3) is 0 Å². The molecule has 0 radical (unpaired) electrons. The van der Waals surface area contributed by atoms with E-state index < -0.39 is 0 Å². The Balaban J connectivity index is 2.06. The van der Waals surface area contributed by atoms with E-state index in [4.69, 9.17) is 0 Å². The van der Waals surface area contributed by atoms with Crippen LogP contribution in [0.1, 0.15) is 13.3 Å². The van der Waals surface area contributed by atoms with Crippen molar-refractivity contribution in [3.8, 4) is 0 Å². The summed E-state index contributed by atoms with van der Waals surface area (Å²) in [6.07, 6.45) is 0.911. The van der Waals surface area contributed by atoms with Gasteiger partial charge in [0.15, 0.2) is 0 Å². The Labute approximate surface area is 96.7 Å². The van der Waals surface area contributed by atoms with E-state index in [0.717, 1.165) is 6.42 Å². The molecule has 15 heavy (non-hydrogen) atoms. The fourth-order valence-electron chi connectivity index (χ4n) is 1.80. The maximum atomic E-state index is 11.3. The van der Waals surface area contributed by atoms with Crippen LogP contribution in [0.25, 0.3) is 0 Å². The Morgan fingerprint density at radius 2 is 2.07 bits per heavy atom. The summed E-state index contributed by atoms with van der Waals surface area (Å²) in [5.74, 6) is 0.572. The molecule has 1 fully saturated rings. The van der Waals surface area contributed by atoms with Crippen molar-refractivity contribution in [2.75, 3.05) is 0 Å². The van der Waals surface area contributed by atoms with Crippen molar-refractivity contribution in [3.05, 3.63) is 42.5 Å². The van der Waals surface area contributed by atoms with Gasteiger partial charge >= 0.3 is 96.6 Å². The fraction of sp³-hybridized carbons (Fsp3) is 0.308. The Hall–Kier alpha value is -0.851. The van der Waals surface area contributed by atoms with Gasteiger partial charge in [-0.25, -0.2) is 0 Å². The van der Waals surface area contributed by atoms with E-state index in [-0.39, 0.29) is 5.92 Å². The van der Waals surface area contributed by atoms with Crippen molar-refractivity contribution >= 4 is 25.2 Å². The number of rotatable bonds is 3. The summed E-state index contributed by atoms with van der Waals surface area (Å²) in [6, 6.07) is 10.4. The molecule has 1 aliphatic carbocycles. The van der Waals surface area contributed by atoms with Gasteiger partial charge < -0.3 is 0 Å². The van der Waals surface area contributed by atoms with Crippen LogP contribution in [0, 0.1) is 5.92 Å². The van der Waals surface area contributed by atoms with E-state index in [1.165, 1.54) is 10.0 Å². The first kappa shape index (κ1) is 10.7. The molecular weight excluding hydrogens is 251 g/mol. The van der Waals surface area contributed by atoms with Gasteiger partial charge in [-0.05, 0) is 0 Å². The van der Waals surface area contributed by atoms with Crippen molar-refractivity contribution in [2.24, 2.45) is 5.92 Å². The Morgan fingerprint density at radius 3 is 2.60 bits per heavy atom. The van der Waals surface area contributed by atoms with Crippen LogP contribution in [0.4, 0.5) is 0 Å². The summed E-state index contributed by atoms with van der Waals surface area (Å²) in [7, 11) is 0. The van der Waals surface area contributed by atoms with Crippen LogP contribution >= 0.6 is 0 Å². The number of Topliss-reactive ketones (excluding diaryl/α,β-unsaturated/α-hetero) is 1. The zero-order valence-corrected chi connectivity index (χ0v) is 10.5. The maximum absolute atomic E-state index is 11.3. The average Bonchev–Trinajstić information content (AvgIpc) is 2.23. The predicted molar refractivity (Wildman–Crippen MR) is 63.5 cm³/mol. The Morgan fingerprint density at radius 1 is 1.40 bits per heavy atom. The van der Waals surface area contributed by atoms with Crippen molar-refractivity contribution in [1.82, 2.24) is 0 Å². The van der Waals surface area contributed by atoms with Gasteiger partial charge in [-0.3, -0.25) is 0 Å². The summed E-state index contributed by atoms with van der Waals surface area (Å²) >= 11 is 0.368. The quantitative estimate of drug-likeness (QED) is 0.603. The number of carbonyl (C=O) groups is 1. The average molecular weight is 265 g/mol. The van der Waals surface area contributed by atoms with E-state index in [1.54, 1.807) is 6.92 Å². The number of benzene rings is 1. The number of allylic oxidation sites excluding steroid dienone is 1. The molecule has 0 spiro atoms. The molecule has 0 bridgehead atoms. The van der Waals surface area contributed by atoms with E-state index >= 15 is 0 Å². The van der Waals surface area contributed by atoms with E-state index in [0.29, 0.717) is 25.6 Å². The predicted octanol–water partition coefficient (Wildman–Crippen LogP) is 1.97. The fourth-order valence-corrected chi connectivity index (χ4v) is 4.57. The second-order valence-corrected chi connectivity index (χ2v) is 6.48.